The van der Waals surface area contributed by atoms with Crippen LogP contribution in [-0.4, -0.2) is 43.4 Å². The van der Waals surface area contributed by atoms with E-state index in [9.17, 15) is 0 Å². The van der Waals surface area contributed by atoms with Gasteiger partial charge in [0.15, 0.2) is 11.5 Å². The predicted molar refractivity (Wildman–Crippen MR) is 92.1 cm³/mol. The number of imidazole rings is 1. The van der Waals surface area contributed by atoms with Gasteiger partial charge in [-0.05, 0) is 26.7 Å². The third kappa shape index (κ3) is 2.54. The van der Waals surface area contributed by atoms with Crippen LogP contribution in [0.1, 0.15) is 24.1 Å². The number of hydrogen-bond donors (Lipinski definition) is 1. The zero-order valence-corrected chi connectivity index (χ0v) is 14.3. The average molecular weight is 326 g/mol. The first-order valence-corrected chi connectivity index (χ1v) is 8.33. The van der Waals surface area contributed by atoms with Crippen molar-refractivity contribution in [3.05, 3.63) is 29.7 Å². The maximum Gasteiger partial charge on any atom is 0.160 e. The summed E-state index contributed by atoms with van der Waals surface area (Å²) in [5.74, 6) is 1.81. The number of rotatable bonds is 4. The van der Waals surface area contributed by atoms with Gasteiger partial charge >= 0.3 is 0 Å². The van der Waals surface area contributed by atoms with Crippen LogP contribution >= 0.6 is 0 Å². The van der Waals surface area contributed by atoms with Crippen LogP contribution in [-0.2, 0) is 11.8 Å². The molecule has 4 rings (SSSR count). The molecule has 24 heavy (non-hydrogen) atoms. The van der Waals surface area contributed by atoms with Gasteiger partial charge in [0.1, 0.15) is 11.5 Å². The molecule has 7 nitrogen and oxygen atoms in total. The topological polar surface area (TPSA) is 69.3 Å². The molecular weight excluding hydrogens is 304 g/mol. The van der Waals surface area contributed by atoms with E-state index in [0.717, 1.165) is 60.2 Å². The molecule has 0 radical (unpaired) electrons. The summed E-state index contributed by atoms with van der Waals surface area (Å²) in [6.45, 7) is 5.75. The molecule has 0 bridgehead atoms. The van der Waals surface area contributed by atoms with Crippen LogP contribution in [0.15, 0.2) is 18.5 Å². The molecule has 0 amide bonds. The van der Waals surface area contributed by atoms with Gasteiger partial charge in [-0.2, -0.15) is 9.61 Å². The summed E-state index contributed by atoms with van der Waals surface area (Å²) >= 11 is 0. The van der Waals surface area contributed by atoms with Crippen LogP contribution in [0, 0.1) is 13.8 Å². The lowest BCUT2D eigenvalue weighted by molar-refractivity contribution is 0.120. The standard InChI is InChI=1S/C17H22N6O/c1-11-12(2)20-15-9-14(17-18-6-7-22(17)3)21-23(15)16(11)19-10-13-5-4-8-24-13/h6-7,9,13,19H,4-5,8,10H2,1-3H3/t13-/m0/s1. The number of anilines is 1. The fraction of sp³-hybridized carbons (Fsp3) is 0.471. The molecule has 0 saturated carbocycles. The summed E-state index contributed by atoms with van der Waals surface area (Å²) in [5.41, 5.74) is 3.75. The number of hydrogen-bond acceptors (Lipinski definition) is 5. The summed E-state index contributed by atoms with van der Waals surface area (Å²) in [6.07, 6.45) is 6.22. The normalized spacial score (nSPS) is 17.7. The highest BCUT2D eigenvalue weighted by Crippen LogP contribution is 2.24. The fourth-order valence-electron chi connectivity index (χ4n) is 3.15. The quantitative estimate of drug-likeness (QED) is 0.797. The Labute approximate surface area is 140 Å². The number of ether oxygens (including phenoxy) is 1. The van der Waals surface area contributed by atoms with E-state index in [4.69, 9.17) is 9.84 Å². The lowest BCUT2D eigenvalue weighted by Gasteiger charge is -2.15. The Morgan fingerprint density at radius 2 is 2.25 bits per heavy atom. The van der Waals surface area contributed by atoms with E-state index in [1.54, 1.807) is 6.20 Å². The molecule has 1 atom stereocenters. The number of nitrogens with zero attached hydrogens (tertiary/aromatic N) is 5. The Morgan fingerprint density at radius 1 is 1.38 bits per heavy atom. The maximum absolute atomic E-state index is 5.72. The van der Waals surface area contributed by atoms with Gasteiger partial charge < -0.3 is 14.6 Å². The minimum atomic E-state index is 0.275. The number of aryl methyl sites for hydroxylation is 2. The largest absolute Gasteiger partial charge is 0.376 e. The van der Waals surface area contributed by atoms with Crippen LogP contribution < -0.4 is 5.32 Å². The van der Waals surface area contributed by atoms with Crippen LogP contribution in [0.4, 0.5) is 5.82 Å². The molecule has 4 heterocycles. The molecule has 1 fully saturated rings. The molecule has 3 aromatic heterocycles. The molecule has 0 aliphatic carbocycles. The van der Waals surface area contributed by atoms with Crippen LogP contribution in [0.5, 0.6) is 0 Å². The van der Waals surface area contributed by atoms with Crippen molar-refractivity contribution in [2.75, 3.05) is 18.5 Å². The van der Waals surface area contributed by atoms with Crippen LogP contribution in [0.2, 0.25) is 0 Å². The Balaban J connectivity index is 1.74. The van der Waals surface area contributed by atoms with Crippen LogP contribution in [0.3, 0.4) is 0 Å². The van der Waals surface area contributed by atoms with Gasteiger partial charge in [0, 0.05) is 49.9 Å². The Morgan fingerprint density at radius 3 is 2.96 bits per heavy atom. The molecule has 126 valence electrons. The molecule has 3 aromatic rings. The van der Waals surface area contributed by atoms with Gasteiger partial charge in [0.25, 0.3) is 0 Å². The summed E-state index contributed by atoms with van der Waals surface area (Å²) in [7, 11) is 1.97. The first-order chi connectivity index (χ1) is 11.6. The first-order valence-electron chi connectivity index (χ1n) is 8.33. The molecule has 1 N–H and O–H groups in total. The van der Waals surface area contributed by atoms with Crippen molar-refractivity contribution in [3.63, 3.8) is 0 Å². The second-order valence-corrected chi connectivity index (χ2v) is 6.35. The fourth-order valence-corrected chi connectivity index (χ4v) is 3.15. The highest BCUT2D eigenvalue weighted by atomic mass is 16.5. The molecular formula is C17H22N6O. The van der Waals surface area contributed by atoms with Crippen LogP contribution in [0.25, 0.3) is 17.2 Å². The zero-order chi connectivity index (χ0) is 16.7. The Hall–Kier alpha value is -2.41. The molecule has 0 unspecified atom stereocenters. The SMILES string of the molecule is Cc1nc2cc(-c3nccn3C)nn2c(NC[C@@H]2CCCO2)c1C. The van der Waals surface area contributed by atoms with Gasteiger partial charge in [-0.1, -0.05) is 0 Å². The molecule has 1 aliphatic heterocycles. The van der Waals surface area contributed by atoms with Gasteiger partial charge in [-0.15, -0.1) is 0 Å². The minimum absolute atomic E-state index is 0.275. The first kappa shape index (κ1) is 15.1. The van der Waals surface area contributed by atoms with E-state index in [2.05, 4.69) is 22.2 Å². The number of nitrogens with one attached hydrogen (secondary N) is 1. The highest BCUT2D eigenvalue weighted by Gasteiger charge is 2.18. The van der Waals surface area contributed by atoms with E-state index in [-0.39, 0.29) is 6.10 Å². The lowest BCUT2D eigenvalue weighted by Crippen LogP contribution is -2.21. The Bertz CT molecular complexity index is 875. The molecule has 0 aromatic carbocycles. The van der Waals surface area contributed by atoms with E-state index in [0.29, 0.717) is 0 Å². The third-order valence-corrected chi connectivity index (χ3v) is 4.65. The minimum Gasteiger partial charge on any atom is -0.376 e. The van der Waals surface area contributed by atoms with Crippen molar-refractivity contribution in [2.24, 2.45) is 7.05 Å². The van der Waals surface area contributed by atoms with Crippen molar-refractivity contribution in [2.45, 2.75) is 32.8 Å². The average Bonchev–Trinajstić information content (AvgIpc) is 3.28. The molecule has 1 saturated heterocycles. The number of fused-ring (bicyclic) bond motifs is 1. The van der Waals surface area contributed by atoms with Crippen molar-refractivity contribution < 1.29 is 4.74 Å². The lowest BCUT2D eigenvalue weighted by atomic mass is 10.2. The number of aromatic nitrogens is 5. The highest BCUT2D eigenvalue weighted by molar-refractivity contribution is 5.62. The monoisotopic (exact) mass is 326 g/mol. The second-order valence-electron chi connectivity index (χ2n) is 6.35. The second kappa shape index (κ2) is 5.90. The van der Waals surface area contributed by atoms with Crippen molar-refractivity contribution in [1.29, 1.82) is 0 Å². The van der Waals surface area contributed by atoms with Gasteiger partial charge in [0.2, 0.25) is 0 Å². The molecule has 0 spiro atoms. The smallest absolute Gasteiger partial charge is 0.160 e. The zero-order valence-electron chi connectivity index (χ0n) is 14.3. The maximum atomic E-state index is 5.72. The van der Waals surface area contributed by atoms with Crippen molar-refractivity contribution in [1.82, 2.24) is 24.1 Å². The summed E-state index contributed by atoms with van der Waals surface area (Å²) in [5, 5.41) is 8.25. The van der Waals surface area contributed by atoms with E-state index < -0.39 is 0 Å². The van der Waals surface area contributed by atoms with E-state index in [1.165, 1.54) is 0 Å². The third-order valence-electron chi connectivity index (χ3n) is 4.65. The summed E-state index contributed by atoms with van der Waals surface area (Å²) in [4.78, 5) is 9.05. The summed E-state index contributed by atoms with van der Waals surface area (Å²) < 4.78 is 9.55. The predicted octanol–water partition coefficient (Wildman–Crippen LogP) is 2.34. The Kier molecular flexibility index (Phi) is 3.72. The van der Waals surface area contributed by atoms with Gasteiger partial charge in [-0.25, -0.2) is 9.97 Å². The summed E-state index contributed by atoms with van der Waals surface area (Å²) in [6, 6.07) is 1.98. The van der Waals surface area contributed by atoms with E-state index >= 15 is 0 Å². The van der Waals surface area contributed by atoms with Crippen molar-refractivity contribution >= 4 is 11.5 Å². The molecule has 7 heteroatoms. The van der Waals surface area contributed by atoms with E-state index in [1.807, 2.05) is 35.3 Å². The van der Waals surface area contributed by atoms with Gasteiger partial charge in [-0.3, -0.25) is 0 Å². The molecule has 1 aliphatic rings. The van der Waals surface area contributed by atoms with Crippen molar-refractivity contribution in [3.8, 4) is 11.5 Å². The van der Waals surface area contributed by atoms with Gasteiger partial charge in [0.05, 0.1) is 6.10 Å².